The first-order chi connectivity index (χ1) is 16.6. The minimum absolute atomic E-state index is 0.00703. The van der Waals surface area contributed by atoms with Crippen LogP contribution in [0.1, 0.15) is 48.4 Å². The van der Waals surface area contributed by atoms with Crippen LogP contribution < -0.4 is 14.8 Å². The van der Waals surface area contributed by atoms with Gasteiger partial charge in [-0.1, -0.05) is 12.1 Å². The molecule has 1 amide bonds. The summed E-state index contributed by atoms with van der Waals surface area (Å²) < 4.78 is 16.0. The Balaban J connectivity index is 1.23. The maximum absolute atomic E-state index is 13.0. The lowest BCUT2D eigenvalue weighted by Gasteiger charge is -2.36. The summed E-state index contributed by atoms with van der Waals surface area (Å²) in [5.74, 6) is 2.52. The predicted octanol–water partition coefficient (Wildman–Crippen LogP) is 3.30. The van der Waals surface area contributed by atoms with E-state index in [1.807, 2.05) is 29.2 Å². The van der Waals surface area contributed by atoms with E-state index in [0.29, 0.717) is 31.7 Å². The van der Waals surface area contributed by atoms with E-state index in [1.165, 1.54) is 12.7 Å². The molecule has 0 radical (unpaired) electrons. The van der Waals surface area contributed by atoms with Crippen molar-refractivity contribution in [2.75, 3.05) is 38.9 Å². The standard InChI is InChI=1S/C26H31N3O5/c1-32-25(31)15-21(19-5-7-22-23(13-19)34-16-33-22)17-8-11-29(12-9-17)24(30)14-20-6-4-18-3-2-10-27-26(18)28-20/h4-7,13,17,21H,2-3,8-12,14-16H2,1H3,(H,27,28). The third-order valence-electron chi connectivity index (χ3n) is 7.18. The molecule has 34 heavy (non-hydrogen) atoms. The van der Waals surface area contributed by atoms with E-state index in [4.69, 9.17) is 14.2 Å². The van der Waals surface area contributed by atoms with Crippen LogP contribution in [0.25, 0.3) is 0 Å². The van der Waals surface area contributed by atoms with E-state index in [-0.39, 0.29) is 30.5 Å². The molecule has 180 valence electrons. The highest BCUT2D eigenvalue weighted by Crippen LogP contribution is 2.40. The van der Waals surface area contributed by atoms with Gasteiger partial charge in [-0.3, -0.25) is 9.59 Å². The van der Waals surface area contributed by atoms with Crippen LogP contribution in [0.15, 0.2) is 30.3 Å². The number of carbonyl (C=O) groups is 2. The minimum atomic E-state index is -0.228. The number of piperidine rings is 1. The van der Waals surface area contributed by atoms with Crippen molar-refractivity contribution in [3.05, 3.63) is 47.2 Å². The average molecular weight is 466 g/mol. The molecule has 3 aliphatic rings. The summed E-state index contributed by atoms with van der Waals surface area (Å²) in [7, 11) is 1.42. The summed E-state index contributed by atoms with van der Waals surface area (Å²) in [4.78, 5) is 31.8. The molecule has 0 saturated carbocycles. The van der Waals surface area contributed by atoms with Gasteiger partial charge in [-0.05, 0) is 66.8 Å². The van der Waals surface area contributed by atoms with E-state index in [0.717, 1.165) is 55.1 Å². The number of hydrogen-bond acceptors (Lipinski definition) is 7. The van der Waals surface area contributed by atoms with Crippen molar-refractivity contribution in [1.29, 1.82) is 0 Å². The molecule has 0 aliphatic carbocycles. The fourth-order valence-electron chi connectivity index (χ4n) is 5.25. The highest BCUT2D eigenvalue weighted by atomic mass is 16.7. The second-order valence-electron chi connectivity index (χ2n) is 9.24. The van der Waals surface area contributed by atoms with Crippen molar-refractivity contribution in [1.82, 2.24) is 9.88 Å². The summed E-state index contributed by atoms with van der Waals surface area (Å²) in [6.45, 7) is 2.50. The van der Waals surface area contributed by atoms with Crippen molar-refractivity contribution in [2.45, 2.75) is 44.4 Å². The van der Waals surface area contributed by atoms with E-state index in [2.05, 4.69) is 16.4 Å². The zero-order valence-corrected chi connectivity index (χ0v) is 19.5. The number of rotatable bonds is 6. The third-order valence-corrected chi connectivity index (χ3v) is 7.18. The number of amides is 1. The van der Waals surface area contributed by atoms with Crippen molar-refractivity contribution >= 4 is 17.7 Å². The summed E-state index contributed by atoms with van der Waals surface area (Å²) in [6.07, 6.45) is 4.44. The zero-order chi connectivity index (χ0) is 23.5. The van der Waals surface area contributed by atoms with Gasteiger partial charge in [0.1, 0.15) is 5.82 Å². The fourth-order valence-corrected chi connectivity index (χ4v) is 5.25. The molecule has 1 aromatic heterocycles. The number of aryl methyl sites for hydroxylation is 1. The maximum atomic E-state index is 13.0. The Hall–Kier alpha value is -3.29. The predicted molar refractivity (Wildman–Crippen MR) is 126 cm³/mol. The van der Waals surface area contributed by atoms with Gasteiger partial charge >= 0.3 is 5.97 Å². The van der Waals surface area contributed by atoms with Gasteiger partial charge in [-0.15, -0.1) is 0 Å². The number of likely N-dealkylation sites (tertiary alicyclic amines) is 1. The molecule has 1 unspecified atom stereocenters. The van der Waals surface area contributed by atoms with Crippen molar-refractivity contribution in [3.63, 3.8) is 0 Å². The van der Waals surface area contributed by atoms with Gasteiger partial charge in [0.2, 0.25) is 12.7 Å². The van der Waals surface area contributed by atoms with Crippen molar-refractivity contribution < 1.29 is 23.8 Å². The molecule has 1 aromatic carbocycles. The maximum Gasteiger partial charge on any atom is 0.306 e. The van der Waals surface area contributed by atoms with Gasteiger partial charge in [0, 0.05) is 19.6 Å². The first kappa shape index (κ1) is 22.5. The highest BCUT2D eigenvalue weighted by molar-refractivity contribution is 5.78. The topological polar surface area (TPSA) is 90.0 Å². The normalized spacial score (nSPS) is 18.1. The number of fused-ring (bicyclic) bond motifs is 2. The summed E-state index contributed by atoms with van der Waals surface area (Å²) in [5.41, 5.74) is 3.08. The first-order valence-corrected chi connectivity index (χ1v) is 12.1. The summed E-state index contributed by atoms with van der Waals surface area (Å²) in [6, 6.07) is 9.95. The molecular formula is C26H31N3O5. The number of methoxy groups -OCH3 is 1. The van der Waals surface area contributed by atoms with Gasteiger partial charge in [0.25, 0.3) is 0 Å². The van der Waals surface area contributed by atoms with Gasteiger partial charge in [0.05, 0.1) is 25.6 Å². The Morgan fingerprint density at radius 3 is 2.82 bits per heavy atom. The summed E-state index contributed by atoms with van der Waals surface area (Å²) in [5, 5.41) is 3.33. The molecule has 1 saturated heterocycles. The Morgan fingerprint density at radius 2 is 2.00 bits per heavy atom. The Bertz CT molecular complexity index is 1060. The monoisotopic (exact) mass is 465 g/mol. The van der Waals surface area contributed by atoms with Crippen LogP contribution >= 0.6 is 0 Å². The second-order valence-corrected chi connectivity index (χ2v) is 9.24. The number of aromatic nitrogens is 1. The third kappa shape index (κ3) is 4.81. The Kier molecular flexibility index (Phi) is 6.56. The SMILES string of the molecule is COC(=O)CC(c1ccc2c(c1)OCO2)C1CCN(C(=O)Cc2ccc3c(n2)NCCC3)CC1. The number of pyridine rings is 1. The summed E-state index contributed by atoms with van der Waals surface area (Å²) >= 11 is 0. The highest BCUT2D eigenvalue weighted by Gasteiger charge is 2.32. The van der Waals surface area contributed by atoms with E-state index >= 15 is 0 Å². The molecule has 0 spiro atoms. The second kappa shape index (κ2) is 9.91. The molecule has 8 heteroatoms. The van der Waals surface area contributed by atoms with Crippen LogP contribution in [0, 0.1) is 5.92 Å². The van der Waals surface area contributed by atoms with Gasteiger partial charge in [0.15, 0.2) is 11.5 Å². The number of nitrogens with one attached hydrogen (secondary N) is 1. The molecular weight excluding hydrogens is 434 g/mol. The van der Waals surface area contributed by atoms with Crippen LogP contribution in [0.5, 0.6) is 11.5 Å². The van der Waals surface area contributed by atoms with Gasteiger partial charge < -0.3 is 24.4 Å². The molecule has 4 heterocycles. The lowest BCUT2D eigenvalue weighted by Crippen LogP contribution is -2.41. The van der Waals surface area contributed by atoms with Crippen LogP contribution in [0.2, 0.25) is 0 Å². The average Bonchev–Trinajstić information content (AvgIpc) is 3.35. The van der Waals surface area contributed by atoms with Gasteiger partial charge in [-0.25, -0.2) is 4.98 Å². The molecule has 8 nitrogen and oxygen atoms in total. The van der Waals surface area contributed by atoms with Crippen molar-refractivity contribution in [3.8, 4) is 11.5 Å². The smallest absolute Gasteiger partial charge is 0.306 e. The number of carbonyl (C=O) groups excluding carboxylic acids is 2. The lowest BCUT2D eigenvalue weighted by molar-refractivity contribution is -0.142. The van der Waals surface area contributed by atoms with Crippen LogP contribution in [0.3, 0.4) is 0 Å². The molecule has 0 bridgehead atoms. The number of ether oxygens (including phenoxy) is 3. The first-order valence-electron chi connectivity index (χ1n) is 12.1. The van der Waals surface area contributed by atoms with Gasteiger partial charge in [-0.2, -0.15) is 0 Å². The number of anilines is 1. The Morgan fingerprint density at radius 1 is 1.18 bits per heavy atom. The number of benzene rings is 1. The lowest BCUT2D eigenvalue weighted by atomic mass is 9.78. The van der Waals surface area contributed by atoms with E-state index in [9.17, 15) is 9.59 Å². The molecule has 1 atom stereocenters. The number of hydrogen-bond donors (Lipinski definition) is 1. The van der Waals surface area contributed by atoms with E-state index < -0.39 is 0 Å². The number of esters is 1. The van der Waals surface area contributed by atoms with E-state index in [1.54, 1.807) is 0 Å². The molecule has 1 N–H and O–H groups in total. The van der Waals surface area contributed by atoms with Crippen LogP contribution in [-0.4, -0.2) is 55.3 Å². The van der Waals surface area contributed by atoms with Crippen molar-refractivity contribution in [2.24, 2.45) is 5.92 Å². The molecule has 5 rings (SSSR count). The molecule has 1 fully saturated rings. The zero-order valence-electron chi connectivity index (χ0n) is 19.5. The minimum Gasteiger partial charge on any atom is -0.469 e. The fraction of sp³-hybridized carbons (Fsp3) is 0.500. The molecule has 2 aromatic rings. The Labute approximate surface area is 199 Å². The number of nitrogens with zero attached hydrogens (tertiary/aromatic N) is 2. The van der Waals surface area contributed by atoms with Crippen LogP contribution in [0.4, 0.5) is 5.82 Å². The van der Waals surface area contributed by atoms with Crippen LogP contribution in [-0.2, 0) is 27.2 Å². The molecule has 3 aliphatic heterocycles. The quantitative estimate of drug-likeness (QED) is 0.655. The largest absolute Gasteiger partial charge is 0.469 e.